The molecule has 0 radical (unpaired) electrons. The maximum Gasteiger partial charge on any atom is 0.343 e. The van der Waals surface area contributed by atoms with E-state index >= 15 is 0 Å². The Balaban J connectivity index is 1.35. The minimum absolute atomic E-state index is 0.112. The smallest absolute Gasteiger partial charge is 0.343 e. The molecule has 5 aromatic carbocycles. The topological polar surface area (TPSA) is 64.6 Å². The lowest BCUT2D eigenvalue weighted by atomic mass is 9.71. The van der Waals surface area contributed by atoms with Crippen LogP contribution >= 0.6 is 0 Å². The molecule has 2 atom stereocenters. The van der Waals surface area contributed by atoms with Gasteiger partial charge in [-0.3, -0.25) is 4.79 Å². The Morgan fingerprint density at radius 3 is 2.33 bits per heavy atom. The number of carbonyl (C=O) groups excluding carboxylic acids is 2. The molecule has 0 fully saturated rings. The molecule has 43 heavy (non-hydrogen) atoms. The largest absolute Gasteiger partial charge is 0.490 e. The summed E-state index contributed by atoms with van der Waals surface area (Å²) in [6.07, 6.45) is 1.20. The maximum atomic E-state index is 14.1. The molecule has 7 rings (SSSR count). The van der Waals surface area contributed by atoms with Gasteiger partial charge in [-0.15, -0.1) is 0 Å². The number of rotatable bonds is 6. The second-order valence-corrected chi connectivity index (χ2v) is 11.0. The summed E-state index contributed by atoms with van der Waals surface area (Å²) in [5.41, 5.74) is 6.39. The van der Waals surface area contributed by atoms with E-state index in [1.165, 1.54) is 5.56 Å². The van der Waals surface area contributed by atoms with Crippen LogP contribution in [0.5, 0.6) is 11.5 Å². The van der Waals surface area contributed by atoms with E-state index in [0.29, 0.717) is 30.1 Å². The lowest BCUT2D eigenvalue weighted by molar-refractivity contribution is -0.116. The number of allylic oxidation sites excluding steroid dienone is 2. The van der Waals surface area contributed by atoms with Crippen LogP contribution in [0.4, 0.5) is 5.69 Å². The first-order valence-electron chi connectivity index (χ1n) is 14.7. The zero-order valence-corrected chi connectivity index (χ0v) is 23.9. The van der Waals surface area contributed by atoms with E-state index in [4.69, 9.17) is 9.47 Å². The van der Waals surface area contributed by atoms with Crippen molar-refractivity contribution in [1.82, 2.24) is 0 Å². The number of carbonyl (C=O) groups is 2. The number of Topliss-reactive ketones (excluding diaryl/α,β-unsaturated/α-hetero) is 1. The third kappa shape index (κ3) is 4.97. The number of esters is 1. The van der Waals surface area contributed by atoms with Gasteiger partial charge in [0.25, 0.3) is 0 Å². The van der Waals surface area contributed by atoms with Gasteiger partial charge < -0.3 is 14.8 Å². The molecule has 0 saturated carbocycles. The number of ether oxygens (including phenoxy) is 2. The lowest BCUT2D eigenvalue weighted by Crippen LogP contribution is -2.30. The van der Waals surface area contributed by atoms with E-state index in [1.54, 1.807) is 30.3 Å². The summed E-state index contributed by atoms with van der Waals surface area (Å²) < 4.78 is 11.8. The Bertz CT molecular complexity index is 1880. The minimum atomic E-state index is -0.452. The highest BCUT2D eigenvalue weighted by molar-refractivity contribution is 6.04. The zero-order chi connectivity index (χ0) is 29.3. The van der Waals surface area contributed by atoms with Crippen LogP contribution < -0.4 is 14.8 Å². The van der Waals surface area contributed by atoms with Crippen LogP contribution in [-0.4, -0.2) is 18.4 Å². The van der Waals surface area contributed by atoms with Crippen LogP contribution in [0, 0.1) is 0 Å². The van der Waals surface area contributed by atoms with Crippen molar-refractivity contribution in [1.29, 1.82) is 0 Å². The van der Waals surface area contributed by atoms with E-state index in [0.717, 1.165) is 45.3 Å². The number of hydrogen-bond donors (Lipinski definition) is 1. The molecule has 5 aromatic rings. The minimum Gasteiger partial charge on any atom is -0.490 e. The SMILES string of the molecule is CCOc1cc([C@@H]2C3=C(C[C@@H](c4ccccc4)CC3=O)Nc3ccc4ccccc4c32)ccc1OC(=O)c1ccccc1. The Morgan fingerprint density at radius 1 is 0.791 bits per heavy atom. The summed E-state index contributed by atoms with van der Waals surface area (Å²) >= 11 is 0. The summed E-state index contributed by atoms with van der Waals surface area (Å²) in [7, 11) is 0. The second-order valence-electron chi connectivity index (χ2n) is 11.0. The van der Waals surface area contributed by atoms with Crippen molar-refractivity contribution in [2.24, 2.45) is 0 Å². The first-order chi connectivity index (χ1) is 21.1. The molecule has 5 nitrogen and oxygen atoms in total. The maximum absolute atomic E-state index is 14.1. The number of fused-ring (bicyclic) bond motifs is 3. The molecular formula is C38H31NO4. The third-order valence-electron chi connectivity index (χ3n) is 8.43. The van der Waals surface area contributed by atoms with E-state index in [2.05, 4.69) is 41.7 Å². The highest BCUT2D eigenvalue weighted by Gasteiger charge is 2.39. The molecule has 5 heteroatoms. The van der Waals surface area contributed by atoms with E-state index in [-0.39, 0.29) is 17.6 Å². The Morgan fingerprint density at radius 2 is 1.53 bits per heavy atom. The van der Waals surface area contributed by atoms with Gasteiger partial charge in [-0.1, -0.05) is 84.9 Å². The molecule has 212 valence electrons. The van der Waals surface area contributed by atoms with Crippen LogP contribution in [0.3, 0.4) is 0 Å². The molecule has 2 aliphatic rings. The van der Waals surface area contributed by atoms with Gasteiger partial charge in [-0.25, -0.2) is 4.79 Å². The molecule has 1 aliphatic carbocycles. The predicted octanol–water partition coefficient (Wildman–Crippen LogP) is 8.42. The van der Waals surface area contributed by atoms with Crippen LogP contribution in [0.25, 0.3) is 10.8 Å². The van der Waals surface area contributed by atoms with Gasteiger partial charge in [0.05, 0.1) is 12.2 Å². The molecule has 1 heterocycles. The van der Waals surface area contributed by atoms with E-state index < -0.39 is 5.97 Å². The standard InChI is InChI=1S/C38H31NO4/c1-2-42-34-23-27(18-20-33(34)43-38(41)26-14-7-4-8-15-26)35-36-29-16-10-9-13-25(29)17-19-30(36)39-31-21-28(22-32(40)37(31)35)24-11-5-3-6-12-24/h3-20,23,28,35,39H,2,21-22H2,1H3/t28-,35+/m1/s1. The Kier molecular flexibility index (Phi) is 6.99. The second kappa shape index (κ2) is 11.3. The number of ketones is 1. The molecule has 0 spiro atoms. The molecule has 1 N–H and O–H groups in total. The predicted molar refractivity (Wildman–Crippen MR) is 169 cm³/mol. The van der Waals surface area contributed by atoms with Gasteiger partial charge >= 0.3 is 5.97 Å². The van der Waals surface area contributed by atoms with E-state index in [1.807, 2.05) is 55.5 Å². The van der Waals surface area contributed by atoms with Crippen molar-refractivity contribution >= 4 is 28.2 Å². The van der Waals surface area contributed by atoms with Crippen LogP contribution in [0.1, 0.15) is 58.6 Å². The fourth-order valence-corrected chi connectivity index (χ4v) is 6.49. The van der Waals surface area contributed by atoms with Crippen LogP contribution in [0.2, 0.25) is 0 Å². The first kappa shape index (κ1) is 26.7. The molecule has 0 aromatic heterocycles. The summed E-state index contributed by atoms with van der Waals surface area (Å²) in [6, 6.07) is 37.4. The number of nitrogens with one attached hydrogen (secondary N) is 1. The molecule has 1 aliphatic heterocycles. The van der Waals surface area contributed by atoms with Gasteiger partial charge in [0.1, 0.15) is 0 Å². The number of anilines is 1. The lowest BCUT2D eigenvalue weighted by Gasteiger charge is -2.37. The number of hydrogen-bond acceptors (Lipinski definition) is 5. The van der Waals surface area contributed by atoms with Gasteiger partial charge in [0.15, 0.2) is 17.3 Å². The van der Waals surface area contributed by atoms with E-state index in [9.17, 15) is 9.59 Å². The molecule has 0 bridgehead atoms. The highest BCUT2D eigenvalue weighted by atomic mass is 16.6. The van der Waals surface area contributed by atoms with Gasteiger partial charge in [-0.05, 0) is 77.1 Å². The fourth-order valence-electron chi connectivity index (χ4n) is 6.49. The van der Waals surface area contributed by atoms with Gasteiger partial charge in [-0.2, -0.15) is 0 Å². The first-order valence-corrected chi connectivity index (χ1v) is 14.7. The molecule has 0 unspecified atom stereocenters. The third-order valence-corrected chi connectivity index (χ3v) is 8.43. The highest BCUT2D eigenvalue weighted by Crippen LogP contribution is 2.51. The van der Waals surface area contributed by atoms with Crippen molar-refractivity contribution in [2.75, 3.05) is 11.9 Å². The quantitative estimate of drug-likeness (QED) is 0.165. The average Bonchev–Trinajstić information content (AvgIpc) is 3.05. The number of benzene rings is 5. The summed E-state index contributed by atoms with van der Waals surface area (Å²) in [6.45, 7) is 2.30. The van der Waals surface area contributed by atoms with Crippen molar-refractivity contribution in [3.8, 4) is 11.5 Å². The molecular weight excluding hydrogens is 534 g/mol. The normalized spacial score (nSPS) is 17.6. The fraction of sp³-hybridized carbons (Fsp3) is 0.158. The molecule has 0 amide bonds. The Labute approximate surface area is 250 Å². The summed E-state index contributed by atoms with van der Waals surface area (Å²) in [5.74, 6) is 0.314. The van der Waals surface area contributed by atoms with Crippen LogP contribution in [0.15, 0.2) is 127 Å². The van der Waals surface area contributed by atoms with Crippen molar-refractivity contribution in [3.05, 3.63) is 149 Å². The van der Waals surface area contributed by atoms with Crippen molar-refractivity contribution in [3.63, 3.8) is 0 Å². The van der Waals surface area contributed by atoms with Crippen molar-refractivity contribution in [2.45, 2.75) is 31.6 Å². The zero-order valence-electron chi connectivity index (χ0n) is 23.9. The van der Waals surface area contributed by atoms with Crippen molar-refractivity contribution < 1.29 is 19.1 Å². The van der Waals surface area contributed by atoms with Gasteiger partial charge in [0.2, 0.25) is 0 Å². The van der Waals surface area contributed by atoms with Crippen LogP contribution in [-0.2, 0) is 4.79 Å². The monoisotopic (exact) mass is 565 g/mol. The summed E-state index contributed by atoms with van der Waals surface area (Å²) in [5, 5.41) is 5.88. The average molecular weight is 566 g/mol. The Hall–Kier alpha value is -5.16. The van der Waals surface area contributed by atoms with Gasteiger partial charge in [0, 0.05) is 29.3 Å². The molecule has 0 saturated heterocycles. The summed E-state index contributed by atoms with van der Waals surface area (Å²) in [4.78, 5) is 27.0.